The molecule has 0 saturated carbocycles. The van der Waals surface area contributed by atoms with Gasteiger partial charge in [-0.25, -0.2) is 13.1 Å². The predicted molar refractivity (Wildman–Crippen MR) is 86.1 cm³/mol. The number of hydrogen-bond acceptors (Lipinski definition) is 4. The fraction of sp³-hybridized carbons (Fsp3) is 0.533. The highest BCUT2D eigenvalue weighted by molar-refractivity contribution is 7.89. The van der Waals surface area contributed by atoms with Gasteiger partial charge >= 0.3 is 0 Å². The van der Waals surface area contributed by atoms with Crippen molar-refractivity contribution in [3.8, 4) is 0 Å². The molecule has 1 fully saturated rings. The fourth-order valence-electron chi connectivity index (χ4n) is 2.37. The molecule has 0 aromatic heterocycles. The van der Waals surface area contributed by atoms with Crippen molar-refractivity contribution in [3.63, 3.8) is 0 Å². The summed E-state index contributed by atoms with van der Waals surface area (Å²) in [7, 11) is -3.20. The van der Waals surface area contributed by atoms with Gasteiger partial charge in [0.15, 0.2) is 0 Å². The first-order valence-corrected chi connectivity index (χ1v) is 9.16. The van der Waals surface area contributed by atoms with Crippen LogP contribution in [0.5, 0.6) is 0 Å². The van der Waals surface area contributed by atoms with Gasteiger partial charge in [0.05, 0.1) is 5.75 Å². The first-order valence-electron chi connectivity index (χ1n) is 7.51. The van der Waals surface area contributed by atoms with E-state index in [0.717, 1.165) is 18.7 Å². The maximum absolute atomic E-state index is 12.5. The van der Waals surface area contributed by atoms with Crippen LogP contribution in [0.4, 0.5) is 0 Å². The van der Waals surface area contributed by atoms with Crippen LogP contribution in [0.3, 0.4) is 0 Å². The van der Waals surface area contributed by atoms with Crippen LogP contribution in [0.25, 0.3) is 0 Å². The second-order valence-corrected chi connectivity index (χ2v) is 7.57. The third kappa shape index (κ3) is 4.28. The summed E-state index contributed by atoms with van der Waals surface area (Å²) >= 11 is 0. The Labute approximate surface area is 131 Å². The number of benzene rings is 1. The monoisotopic (exact) mass is 325 g/mol. The molecule has 1 aromatic rings. The number of amides is 1. The topological polar surface area (TPSA) is 78.5 Å². The number of nitrogens with one attached hydrogen (secondary N) is 2. The number of hydrogen-bond donors (Lipinski definition) is 2. The Hall–Kier alpha value is -1.44. The molecule has 2 N–H and O–H groups in total. The van der Waals surface area contributed by atoms with Gasteiger partial charge in [0, 0.05) is 37.8 Å². The molecular formula is C15H23N3O3S. The molecule has 1 saturated heterocycles. The zero-order valence-electron chi connectivity index (χ0n) is 13.0. The Morgan fingerprint density at radius 2 is 2.05 bits per heavy atom. The largest absolute Gasteiger partial charge is 0.333 e. The molecule has 0 radical (unpaired) electrons. The van der Waals surface area contributed by atoms with Crippen molar-refractivity contribution in [2.75, 3.05) is 25.4 Å². The van der Waals surface area contributed by atoms with Gasteiger partial charge in [0.1, 0.15) is 0 Å². The molecule has 0 spiro atoms. The van der Waals surface area contributed by atoms with E-state index < -0.39 is 10.0 Å². The Bertz CT molecular complexity index is 613. The van der Waals surface area contributed by atoms with E-state index in [2.05, 4.69) is 10.0 Å². The van der Waals surface area contributed by atoms with Gasteiger partial charge in [0.25, 0.3) is 5.91 Å². The van der Waals surface area contributed by atoms with Crippen LogP contribution in [-0.2, 0) is 16.6 Å². The van der Waals surface area contributed by atoms with E-state index in [4.69, 9.17) is 0 Å². The fourth-order valence-corrected chi connectivity index (χ4v) is 2.96. The summed E-state index contributed by atoms with van der Waals surface area (Å²) in [6.45, 7) is 6.19. The molecule has 1 heterocycles. The molecule has 1 atom stereocenters. The average molecular weight is 325 g/mol. The van der Waals surface area contributed by atoms with Crippen molar-refractivity contribution >= 4 is 15.9 Å². The van der Waals surface area contributed by atoms with E-state index in [1.165, 1.54) is 0 Å². The number of carbonyl (C=O) groups excluding carboxylic acids is 1. The Morgan fingerprint density at radius 1 is 1.36 bits per heavy atom. The van der Waals surface area contributed by atoms with E-state index in [0.29, 0.717) is 12.1 Å². The maximum atomic E-state index is 12.5. The molecule has 122 valence electrons. The molecular weight excluding hydrogens is 302 g/mol. The molecule has 2 rings (SSSR count). The van der Waals surface area contributed by atoms with Gasteiger partial charge in [-0.15, -0.1) is 0 Å². The Balaban J connectivity index is 2.00. The van der Waals surface area contributed by atoms with Gasteiger partial charge in [-0.05, 0) is 31.5 Å². The van der Waals surface area contributed by atoms with Crippen LogP contribution in [0, 0.1) is 0 Å². The van der Waals surface area contributed by atoms with Gasteiger partial charge in [-0.2, -0.15) is 0 Å². The zero-order valence-corrected chi connectivity index (χ0v) is 13.8. The lowest BCUT2D eigenvalue weighted by atomic mass is 10.1. The smallest absolute Gasteiger partial charge is 0.254 e. The summed E-state index contributed by atoms with van der Waals surface area (Å²) in [6.07, 6.45) is 0. The van der Waals surface area contributed by atoms with Crippen molar-refractivity contribution < 1.29 is 13.2 Å². The highest BCUT2D eigenvalue weighted by Gasteiger charge is 2.23. The average Bonchev–Trinajstić information content (AvgIpc) is 2.53. The van der Waals surface area contributed by atoms with Crippen molar-refractivity contribution in [3.05, 3.63) is 35.4 Å². The minimum absolute atomic E-state index is 0.0229. The molecule has 0 aliphatic carbocycles. The van der Waals surface area contributed by atoms with Crippen LogP contribution in [0.2, 0.25) is 0 Å². The van der Waals surface area contributed by atoms with Crippen molar-refractivity contribution in [1.82, 2.24) is 14.9 Å². The molecule has 0 bridgehead atoms. The zero-order chi connectivity index (χ0) is 16.2. The molecule has 7 heteroatoms. The Kier molecular flexibility index (Phi) is 5.55. The number of carbonyl (C=O) groups is 1. The maximum Gasteiger partial charge on any atom is 0.254 e. The summed E-state index contributed by atoms with van der Waals surface area (Å²) in [5, 5.41) is 3.26. The molecule has 1 amide bonds. The highest BCUT2D eigenvalue weighted by atomic mass is 32.2. The first-order chi connectivity index (χ1) is 10.4. The number of sulfonamides is 1. The third-order valence-corrected chi connectivity index (χ3v) is 5.18. The summed E-state index contributed by atoms with van der Waals surface area (Å²) in [4.78, 5) is 14.3. The molecule has 22 heavy (non-hydrogen) atoms. The summed E-state index contributed by atoms with van der Waals surface area (Å²) < 4.78 is 25.3. The Morgan fingerprint density at radius 3 is 2.64 bits per heavy atom. The SMILES string of the molecule is CCS(=O)(=O)NCc1ccc(C(=O)N2CCNCC2C)cc1. The molecule has 1 unspecified atom stereocenters. The van der Waals surface area contributed by atoms with E-state index in [-0.39, 0.29) is 24.2 Å². The van der Waals surface area contributed by atoms with E-state index >= 15 is 0 Å². The third-order valence-electron chi connectivity index (χ3n) is 3.84. The molecule has 1 aromatic carbocycles. The highest BCUT2D eigenvalue weighted by Crippen LogP contribution is 2.12. The van der Waals surface area contributed by atoms with E-state index in [1.54, 1.807) is 31.2 Å². The van der Waals surface area contributed by atoms with Gasteiger partial charge in [0.2, 0.25) is 10.0 Å². The van der Waals surface area contributed by atoms with Crippen molar-refractivity contribution in [1.29, 1.82) is 0 Å². The lowest BCUT2D eigenvalue weighted by Gasteiger charge is -2.34. The standard InChI is InChI=1S/C15H23N3O3S/c1-3-22(20,21)17-11-13-4-6-14(7-5-13)15(19)18-9-8-16-10-12(18)2/h4-7,12,16-17H,3,8-11H2,1-2H3. The molecule has 6 nitrogen and oxygen atoms in total. The predicted octanol–water partition coefficient (Wildman–Crippen LogP) is 0.560. The minimum Gasteiger partial charge on any atom is -0.333 e. The lowest BCUT2D eigenvalue weighted by molar-refractivity contribution is 0.0655. The van der Waals surface area contributed by atoms with Crippen LogP contribution >= 0.6 is 0 Å². The van der Waals surface area contributed by atoms with Crippen LogP contribution in [0.1, 0.15) is 29.8 Å². The van der Waals surface area contributed by atoms with Crippen LogP contribution in [-0.4, -0.2) is 50.7 Å². The van der Waals surface area contributed by atoms with Crippen molar-refractivity contribution in [2.24, 2.45) is 0 Å². The molecule has 1 aliphatic rings. The summed E-state index contributed by atoms with van der Waals surface area (Å²) in [5.74, 6) is 0.0828. The normalized spacial score (nSPS) is 19.2. The molecule has 1 aliphatic heterocycles. The first kappa shape index (κ1) is 16.9. The van der Waals surface area contributed by atoms with Crippen molar-refractivity contribution in [2.45, 2.75) is 26.4 Å². The van der Waals surface area contributed by atoms with Crippen LogP contribution < -0.4 is 10.0 Å². The number of piperazine rings is 1. The van der Waals surface area contributed by atoms with E-state index in [1.807, 2.05) is 11.8 Å². The lowest BCUT2D eigenvalue weighted by Crippen LogP contribution is -2.52. The number of rotatable bonds is 5. The van der Waals surface area contributed by atoms with Gasteiger partial charge < -0.3 is 10.2 Å². The summed E-state index contributed by atoms with van der Waals surface area (Å²) in [6, 6.07) is 7.27. The van der Waals surface area contributed by atoms with Crippen LogP contribution in [0.15, 0.2) is 24.3 Å². The quantitative estimate of drug-likeness (QED) is 0.829. The van der Waals surface area contributed by atoms with Gasteiger partial charge in [-0.3, -0.25) is 4.79 Å². The second-order valence-electron chi connectivity index (χ2n) is 5.47. The summed E-state index contributed by atoms with van der Waals surface area (Å²) in [5.41, 5.74) is 1.47. The second kappa shape index (κ2) is 7.21. The van der Waals surface area contributed by atoms with E-state index in [9.17, 15) is 13.2 Å². The number of nitrogens with zero attached hydrogens (tertiary/aromatic N) is 1. The van der Waals surface area contributed by atoms with Gasteiger partial charge in [-0.1, -0.05) is 12.1 Å². The minimum atomic E-state index is -3.20.